The van der Waals surface area contributed by atoms with Crippen LogP contribution in [0.25, 0.3) is 10.8 Å². The van der Waals surface area contributed by atoms with Gasteiger partial charge in [-0.3, -0.25) is 4.98 Å². The van der Waals surface area contributed by atoms with E-state index in [9.17, 15) is 8.42 Å². The summed E-state index contributed by atoms with van der Waals surface area (Å²) in [6.45, 7) is 2.63. The maximum Gasteiger partial charge on any atom is 0.245 e. The molecule has 5 nitrogen and oxygen atoms in total. The molecule has 1 aromatic heterocycles. The fourth-order valence-electron chi connectivity index (χ4n) is 2.44. The maximum atomic E-state index is 12.7. The van der Waals surface area contributed by atoms with Crippen molar-refractivity contribution in [3.8, 4) is 0 Å². The van der Waals surface area contributed by atoms with E-state index in [0.717, 1.165) is 13.1 Å². The van der Waals surface area contributed by atoms with Crippen LogP contribution in [0.3, 0.4) is 0 Å². The van der Waals surface area contributed by atoms with Crippen molar-refractivity contribution in [3.63, 3.8) is 0 Å². The van der Waals surface area contributed by atoms with E-state index in [1.54, 1.807) is 24.4 Å². The van der Waals surface area contributed by atoms with E-state index in [1.807, 2.05) is 0 Å². The Morgan fingerprint density at radius 1 is 1.15 bits per heavy atom. The van der Waals surface area contributed by atoms with Crippen molar-refractivity contribution >= 4 is 32.4 Å². The Kier molecular flexibility index (Phi) is 3.64. The van der Waals surface area contributed by atoms with Crippen LogP contribution in [0.1, 0.15) is 0 Å². The van der Waals surface area contributed by atoms with E-state index in [1.165, 1.54) is 10.5 Å². The van der Waals surface area contributed by atoms with Crippen LogP contribution in [0.2, 0.25) is 5.02 Å². The van der Waals surface area contributed by atoms with Crippen LogP contribution >= 0.6 is 11.6 Å². The van der Waals surface area contributed by atoms with Crippen LogP contribution in [0.5, 0.6) is 0 Å². The van der Waals surface area contributed by atoms with Crippen molar-refractivity contribution in [3.05, 3.63) is 35.6 Å². The minimum absolute atomic E-state index is 0.236. The normalized spacial score (nSPS) is 17.4. The number of piperazine rings is 1. The molecule has 3 rings (SSSR count). The summed E-state index contributed by atoms with van der Waals surface area (Å²) in [4.78, 5) is 4.27. The molecule has 2 aromatic rings. The van der Waals surface area contributed by atoms with Gasteiger partial charge in [-0.15, -0.1) is 0 Å². The molecule has 7 heteroatoms. The highest BCUT2D eigenvalue weighted by molar-refractivity contribution is 7.89. The van der Waals surface area contributed by atoms with E-state index < -0.39 is 10.0 Å². The molecule has 106 valence electrons. The molecule has 0 saturated carbocycles. The van der Waals surface area contributed by atoms with Gasteiger partial charge in [-0.2, -0.15) is 4.31 Å². The lowest BCUT2D eigenvalue weighted by Crippen LogP contribution is -2.89. The zero-order valence-electron chi connectivity index (χ0n) is 10.8. The second-order valence-electron chi connectivity index (χ2n) is 4.74. The Labute approximate surface area is 122 Å². The number of nitrogens with zero attached hydrogens (tertiary/aromatic N) is 2. The number of hydrogen-bond acceptors (Lipinski definition) is 3. The summed E-state index contributed by atoms with van der Waals surface area (Å²) in [5.41, 5.74) is 0. The minimum atomic E-state index is -3.51. The molecule has 0 amide bonds. The number of halogens is 1. The van der Waals surface area contributed by atoms with Crippen LogP contribution in [0, 0.1) is 0 Å². The van der Waals surface area contributed by atoms with E-state index in [2.05, 4.69) is 10.3 Å². The summed E-state index contributed by atoms with van der Waals surface area (Å²) in [7, 11) is -3.51. The zero-order valence-corrected chi connectivity index (χ0v) is 12.4. The molecule has 20 heavy (non-hydrogen) atoms. The Balaban J connectivity index is 2.16. The summed E-state index contributed by atoms with van der Waals surface area (Å²) in [5.74, 6) is 0. The number of pyridine rings is 1. The fourth-order valence-corrected chi connectivity index (χ4v) is 4.29. The lowest BCUT2D eigenvalue weighted by Gasteiger charge is -2.25. The molecule has 0 spiro atoms. The molecular weight excluding hydrogens is 298 g/mol. The number of quaternary nitrogens is 1. The SMILES string of the molecule is O=S(=O)(c1cncc2c(Cl)cccc12)N1CC[NH2+]CC1. The lowest BCUT2D eigenvalue weighted by atomic mass is 10.2. The smallest absolute Gasteiger partial charge is 0.245 e. The predicted molar refractivity (Wildman–Crippen MR) is 77.2 cm³/mol. The van der Waals surface area contributed by atoms with Gasteiger partial charge >= 0.3 is 0 Å². The van der Waals surface area contributed by atoms with Crippen molar-refractivity contribution in [2.45, 2.75) is 4.90 Å². The minimum Gasteiger partial charge on any atom is -0.344 e. The first-order valence-electron chi connectivity index (χ1n) is 6.45. The van der Waals surface area contributed by atoms with E-state index in [-0.39, 0.29) is 4.90 Å². The predicted octanol–water partition coefficient (Wildman–Crippen LogP) is 0.456. The Hall–Kier alpha value is -1.21. The number of rotatable bonds is 2. The average Bonchev–Trinajstić information content (AvgIpc) is 2.48. The van der Waals surface area contributed by atoms with Crippen LogP contribution in [0.15, 0.2) is 35.5 Å². The molecule has 1 aliphatic rings. The van der Waals surface area contributed by atoms with Crippen LogP contribution < -0.4 is 5.32 Å². The average molecular weight is 313 g/mol. The summed E-state index contributed by atoms with van der Waals surface area (Å²) in [6.07, 6.45) is 3.01. The molecule has 2 heterocycles. The van der Waals surface area contributed by atoms with Gasteiger partial charge in [0.15, 0.2) is 0 Å². The number of aromatic nitrogens is 1. The first-order valence-corrected chi connectivity index (χ1v) is 8.26. The fraction of sp³-hybridized carbons (Fsp3) is 0.308. The van der Waals surface area contributed by atoms with Gasteiger partial charge in [0, 0.05) is 28.2 Å². The van der Waals surface area contributed by atoms with Gasteiger partial charge in [-0.25, -0.2) is 8.42 Å². The number of benzene rings is 1. The highest BCUT2D eigenvalue weighted by Gasteiger charge is 2.29. The molecule has 1 saturated heterocycles. The topological polar surface area (TPSA) is 66.9 Å². The second kappa shape index (κ2) is 5.29. The lowest BCUT2D eigenvalue weighted by molar-refractivity contribution is -0.661. The van der Waals surface area contributed by atoms with E-state index in [4.69, 9.17) is 11.6 Å². The van der Waals surface area contributed by atoms with Crippen molar-refractivity contribution in [2.24, 2.45) is 0 Å². The third-order valence-electron chi connectivity index (χ3n) is 3.50. The quantitative estimate of drug-likeness (QED) is 0.876. The first-order chi connectivity index (χ1) is 9.60. The van der Waals surface area contributed by atoms with Crippen LogP contribution in [-0.2, 0) is 10.0 Å². The van der Waals surface area contributed by atoms with Crippen molar-refractivity contribution in [2.75, 3.05) is 26.2 Å². The summed E-state index contributed by atoms with van der Waals surface area (Å²) in [6, 6.07) is 5.26. The Morgan fingerprint density at radius 3 is 2.65 bits per heavy atom. The molecule has 0 atom stereocenters. The van der Waals surface area contributed by atoms with Crippen molar-refractivity contribution < 1.29 is 13.7 Å². The van der Waals surface area contributed by atoms with E-state index in [0.29, 0.717) is 28.9 Å². The van der Waals surface area contributed by atoms with Gasteiger partial charge in [0.25, 0.3) is 0 Å². The molecule has 1 aliphatic heterocycles. The second-order valence-corrected chi connectivity index (χ2v) is 7.06. The third-order valence-corrected chi connectivity index (χ3v) is 5.75. The third kappa shape index (κ3) is 2.29. The molecule has 0 unspecified atom stereocenters. The Morgan fingerprint density at radius 2 is 1.90 bits per heavy atom. The highest BCUT2D eigenvalue weighted by atomic mass is 35.5. The number of fused-ring (bicyclic) bond motifs is 1. The molecule has 0 bridgehead atoms. The van der Waals surface area contributed by atoms with Crippen LogP contribution in [-0.4, -0.2) is 43.9 Å². The maximum absolute atomic E-state index is 12.7. The van der Waals surface area contributed by atoms with Crippen molar-refractivity contribution in [1.29, 1.82) is 0 Å². The molecule has 0 radical (unpaired) electrons. The summed E-state index contributed by atoms with van der Waals surface area (Å²) >= 11 is 6.11. The van der Waals surface area contributed by atoms with Crippen molar-refractivity contribution in [1.82, 2.24) is 9.29 Å². The van der Waals surface area contributed by atoms with E-state index >= 15 is 0 Å². The van der Waals surface area contributed by atoms with Gasteiger partial charge < -0.3 is 5.32 Å². The highest BCUT2D eigenvalue weighted by Crippen LogP contribution is 2.29. The molecular formula is C13H15ClN3O2S+. The number of nitrogens with two attached hydrogens (primary N) is 1. The van der Waals surface area contributed by atoms with Crippen LogP contribution in [0.4, 0.5) is 0 Å². The first kappa shape index (κ1) is 13.8. The molecule has 2 N–H and O–H groups in total. The number of hydrogen-bond donors (Lipinski definition) is 1. The van der Waals surface area contributed by atoms with Gasteiger partial charge in [-0.1, -0.05) is 23.7 Å². The van der Waals surface area contributed by atoms with Gasteiger partial charge in [-0.05, 0) is 6.07 Å². The number of sulfonamides is 1. The summed E-state index contributed by atoms with van der Waals surface area (Å²) < 4.78 is 27.0. The standard InChI is InChI=1S/C13H14ClN3O2S/c14-12-3-1-2-10-11(12)8-16-9-13(10)20(18,19)17-6-4-15-5-7-17/h1-3,8-9,15H,4-7H2/p+1. The van der Waals surface area contributed by atoms with Gasteiger partial charge in [0.1, 0.15) is 4.90 Å². The van der Waals surface area contributed by atoms with Gasteiger partial charge in [0.05, 0.1) is 26.2 Å². The molecule has 1 fully saturated rings. The Bertz CT molecular complexity index is 742. The molecule has 0 aliphatic carbocycles. The monoisotopic (exact) mass is 312 g/mol. The van der Waals surface area contributed by atoms with Gasteiger partial charge in [0.2, 0.25) is 10.0 Å². The zero-order chi connectivity index (χ0) is 14.2. The summed E-state index contributed by atoms with van der Waals surface area (Å²) in [5, 5.41) is 3.92. The largest absolute Gasteiger partial charge is 0.344 e. The molecule has 1 aromatic carbocycles.